The van der Waals surface area contributed by atoms with Crippen LogP contribution in [0.5, 0.6) is 0 Å². The molecule has 5 aromatic rings. The molecule has 11 rings (SSSR count). The molecule has 0 spiro atoms. The van der Waals surface area contributed by atoms with Crippen LogP contribution in [0.15, 0.2) is 118 Å². The molecule has 4 aromatic carbocycles. The number of ether oxygens (including phenoxy) is 1. The highest BCUT2D eigenvalue weighted by atomic mass is 32.2. The molecule has 91 heavy (non-hydrogen) atoms. The van der Waals surface area contributed by atoms with Crippen LogP contribution in [0.3, 0.4) is 0 Å². The lowest BCUT2D eigenvalue weighted by molar-refractivity contribution is -0.148. The van der Waals surface area contributed by atoms with Gasteiger partial charge in [0, 0.05) is 91.7 Å². The second-order valence-corrected chi connectivity index (χ2v) is 28.1. The fourth-order valence-electron chi connectivity index (χ4n) is 13.1. The normalized spacial score (nSPS) is 21.4. The maximum Gasteiger partial charge on any atom is 0.308 e. The van der Waals surface area contributed by atoms with E-state index in [1.54, 1.807) is 18.7 Å². The van der Waals surface area contributed by atoms with Crippen molar-refractivity contribution < 1.29 is 36.9 Å². The summed E-state index contributed by atoms with van der Waals surface area (Å²) in [6, 6.07) is 33.1. The molecule has 0 saturated heterocycles. The monoisotopic (exact) mass is 1270 g/mol. The van der Waals surface area contributed by atoms with Crippen molar-refractivity contribution in [2.75, 3.05) is 42.6 Å². The lowest BCUT2D eigenvalue weighted by atomic mass is 9.87. The van der Waals surface area contributed by atoms with Crippen molar-refractivity contribution in [1.82, 2.24) is 41.0 Å². The first kappa shape index (κ1) is 67.8. The van der Waals surface area contributed by atoms with Gasteiger partial charge >= 0.3 is 5.97 Å². The highest BCUT2D eigenvalue weighted by Gasteiger charge is 2.51. The quantitative estimate of drug-likeness (QED) is 0.0470. The Morgan fingerprint density at radius 2 is 1.15 bits per heavy atom. The van der Waals surface area contributed by atoms with Gasteiger partial charge in [-0.2, -0.15) is 18.6 Å². The molecule has 2 aliphatic carbocycles. The van der Waals surface area contributed by atoms with Crippen molar-refractivity contribution in [1.29, 1.82) is 0 Å². The van der Waals surface area contributed by atoms with Crippen LogP contribution in [0, 0.1) is 29.6 Å². The average Bonchev–Trinajstić information content (AvgIpc) is 1.74. The number of amides is 3. The van der Waals surface area contributed by atoms with Gasteiger partial charge in [-0.15, -0.1) is 5.10 Å². The molecule has 1 fully saturated rings. The number of carbonyl (C=O) groups is 4. The van der Waals surface area contributed by atoms with Gasteiger partial charge in [-0.1, -0.05) is 142 Å². The molecule has 3 amide bonds. The van der Waals surface area contributed by atoms with E-state index in [4.69, 9.17) is 9.85 Å². The van der Waals surface area contributed by atoms with Gasteiger partial charge in [0.1, 0.15) is 24.2 Å². The van der Waals surface area contributed by atoms with Crippen LogP contribution in [-0.4, -0.2) is 118 Å². The molecule has 23 heteroatoms. The summed E-state index contributed by atoms with van der Waals surface area (Å²) in [6.07, 6.45) is 4.32. The topological polar surface area (TPSA) is 261 Å². The summed E-state index contributed by atoms with van der Waals surface area (Å²) >= 11 is 0. The molecule has 8 atom stereocenters. The van der Waals surface area contributed by atoms with E-state index < -0.39 is 21.3 Å². The van der Waals surface area contributed by atoms with E-state index in [2.05, 4.69) is 153 Å². The van der Waals surface area contributed by atoms with Crippen molar-refractivity contribution >= 4 is 45.2 Å². The first-order chi connectivity index (χ1) is 43.4. The fourth-order valence-corrected chi connectivity index (χ4v) is 13.8. The zero-order chi connectivity index (χ0) is 65.4. The number of benzene rings is 4. The van der Waals surface area contributed by atoms with Gasteiger partial charge in [-0.3, -0.25) is 33.7 Å². The first-order valence-electron chi connectivity index (χ1n) is 32.6. The van der Waals surface area contributed by atoms with Crippen molar-refractivity contribution in [2.45, 2.75) is 182 Å². The van der Waals surface area contributed by atoms with Gasteiger partial charge in [-0.05, 0) is 119 Å². The van der Waals surface area contributed by atoms with Crippen LogP contribution >= 0.6 is 0 Å². The van der Waals surface area contributed by atoms with E-state index in [-0.39, 0.29) is 91.4 Å². The van der Waals surface area contributed by atoms with E-state index in [0.717, 1.165) is 54.7 Å². The summed E-state index contributed by atoms with van der Waals surface area (Å²) in [5.41, 5.74) is 11.1. The summed E-state index contributed by atoms with van der Waals surface area (Å²) in [6.45, 7) is 26.7. The number of hydrogen-bond donors (Lipinski definition) is 4. The largest absolute Gasteiger partial charge is 0.465 e. The second kappa shape index (κ2) is 29.8. The Bertz CT molecular complexity index is 3530. The van der Waals surface area contributed by atoms with Crippen molar-refractivity contribution in [2.24, 2.45) is 50.3 Å². The Kier molecular flexibility index (Phi) is 22.2. The van der Waals surface area contributed by atoms with Crippen molar-refractivity contribution in [3.05, 3.63) is 142 Å². The molecule has 5 heterocycles. The molecule has 1 saturated carbocycles. The highest BCUT2D eigenvalue weighted by Crippen LogP contribution is 2.54. The number of esters is 1. The number of hydrogen-bond acceptors (Lipinski definition) is 17. The Morgan fingerprint density at radius 1 is 0.626 bits per heavy atom. The number of aromatic nitrogens is 3. The van der Waals surface area contributed by atoms with Gasteiger partial charge in [-0.25, -0.2) is 4.68 Å². The third kappa shape index (κ3) is 15.8. The summed E-state index contributed by atoms with van der Waals surface area (Å²) in [5, 5.41) is 38.0. The number of anilines is 2. The van der Waals surface area contributed by atoms with Gasteiger partial charge in [0.15, 0.2) is 5.25 Å². The molecular formula is C68H94N14O8S. The maximum atomic E-state index is 13.6. The van der Waals surface area contributed by atoms with E-state index in [1.807, 2.05) is 75.2 Å². The molecule has 0 bridgehead atoms. The Morgan fingerprint density at radius 3 is 1.70 bits per heavy atom. The van der Waals surface area contributed by atoms with E-state index in [9.17, 15) is 32.1 Å². The summed E-state index contributed by atoms with van der Waals surface area (Å²) in [7, 11) is -4.63. The number of carbonyl (C=O) groups excluding carboxylic acids is 4. The zero-order valence-electron chi connectivity index (χ0n) is 54.9. The smallest absolute Gasteiger partial charge is 0.308 e. The summed E-state index contributed by atoms with van der Waals surface area (Å²) < 4.78 is 40.6. The van der Waals surface area contributed by atoms with Crippen molar-refractivity contribution in [3.8, 4) is 0 Å². The number of rotatable bonds is 18. The standard InChI is InChI=1S/C27H36N6O5S.C24H31N5O.C17H27N3O2/c1-17(2)29-15-23(39(36,37)38)27(35)28-14-13-24(34)32-16-19-9-5-6-10-20(19)26-25(30-31-33(26)18(3)4)21-11-7-8-12-22(21)32;1-16(2)24(30)25-13-14-28-15-18-9-5-6-10-19(18)23-22(26-27-29(23)17(3)4)20-11-7-8-12-21(20)28;1-10(2)17(21)22-9-14-12-5-7-15-16(8-6-13(12)14)20(11(3)4)19-18-15/h5-12,17-18,23,25-26,29H,13-16H2,1-4H3,(H,28,35)(H,36,37,38);5-12,16-17,22-23H,13-15H2,1-4H3,(H,25,30);10-14H,5-9H2,1-4H3. The molecule has 0 radical (unpaired) electrons. The fraction of sp³-hybridized carbons (Fsp3) is 0.559. The van der Waals surface area contributed by atoms with Gasteiger partial charge in [0.05, 0.1) is 30.5 Å². The molecule has 22 nitrogen and oxygen atoms in total. The van der Waals surface area contributed by atoms with Crippen molar-refractivity contribution in [3.63, 3.8) is 0 Å². The van der Waals surface area contributed by atoms with Crippen LogP contribution in [-0.2, 0) is 60.0 Å². The Labute approximate surface area is 537 Å². The molecule has 490 valence electrons. The predicted octanol–water partition coefficient (Wildman–Crippen LogP) is 10.6. The van der Waals surface area contributed by atoms with Crippen LogP contribution in [0.2, 0.25) is 0 Å². The molecular weight excluding hydrogens is 1170 g/mol. The molecule has 8 unspecified atom stereocenters. The molecule has 6 aliphatic rings. The second-order valence-electron chi connectivity index (χ2n) is 26.5. The van der Waals surface area contributed by atoms with Gasteiger partial charge in [0.2, 0.25) is 17.7 Å². The zero-order valence-corrected chi connectivity index (χ0v) is 55.8. The summed E-state index contributed by atoms with van der Waals surface area (Å²) in [5.74, 6) is 0.861. The Hall–Kier alpha value is -7.63. The number of nitrogens with one attached hydrogen (secondary N) is 3. The molecule has 4 N–H and O–H groups in total. The SMILES string of the molecule is CC(C)C(=O)NCCN1Cc2ccccc2C2C(N=NN2C(C)C)c2ccccc21.CC(C)C(=O)OCC1C2CCc3nnn(C(C)C)c3CCC21.CC(C)NCC(C(=O)NCCC(=O)N1Cc2ccccc2C2C(N=NN2C(C)C)c2ccccc21)S(=O)(=O)O. The number of nitrogens with zero attached hydrogens (tertiary/aromatic N) is 11. The van der Waals surface area contributed by atoms with Crippen LogP contribution in [0.4, 0.5) is 11.4 Å². The molecule has 4 aliphatic heterocycles. The third-order valence-corrected chi connectivity index (χ3v) is 19.2. The highest BCUT2D eigenvalue weighted by molar-refractivity contribution is 7.87. The van der Waals surface area contributed by atoms with Gasteiger partial charge < -0.3 is 30.5 Å². The lowest BCUT2D eigenvalue weighted by Gasteiger charge is -2.37. The van der Waals surface area contributed by atoms with Crippen LogP contribution in [0.25, 0.3) is 0 Å². The minimum absolute atomic E-state index is 0.00739. The maximum absolute atomic E-state index is 13.6. The predicted molar refractivity (Wildman–Crippen MR) is 350 cm³/mol. The third-order valence-electron chi connectivity index (χ3n) is 18.1. The lowest BCUT2D eigenvalue weighted by Crippen LogP contribution is -2.47. The van der Waals surface area contributed by atoms with Crippen LogP contribution in [0.1, 0.15) is 177 Å². The average molecular weight is 1270 g/mol. The van der Waals surface area contributed by atoms with E-state index in [1.165, 1.54) is 40.2 Å². The number of fused-ring (bicyclic) bond motifs is 12. The number of aryl methyl sites for hydroxylation is 1. The van der Waals surface area contributed by atoms with E-state index in [0.29, 0.717) is 43.5 Å². The van der Waals surface area contributed by atoms with Crippen LogP contribution < -0.4 is 25.8 Å². The van der Waals surface area contributed by atoms with Gasteiger partial charge in [0.25, 0.3) is 10.1 Å². The van der Waals surface area contributed by atoms with E-state index >= 15 is 0 Å². The minimum Gasteiger partial charge on any atom is -0.465 e. The number of para-hydroxylation sites is 2. The summed E-state index contributed by atoms with van der Waals surface area (Å²) in [4.78, 5) is 53.9. The minimum atomic E-state index is -4.63. The Balaban J connectivity index is 0.000000168. The first-order valence-corrected chi connectivity index (χ1v) is 34.1. The molecule has 1 aromatic heterocycles.